The van der Waals surface area contributed by atoms with Crippen molar-refractivity contribution in [1.82, 2.24) is 0 Å². The van der Waals surface area contributed by atoms with Crippen LogP contribution in [-0.4, -0.2) is 15.0 Å². The van der Waals surface area contributed by atoms with Crippen LogP contribution >= 0.6 is 0 Å². The van der Waals surface area contributed by atoms with Crippen molar-refractivity contribution in [3.63, 3.8) is 0 Å². The minimum atomic E-state index is -3.47. The molecule has 0 fully saturated rings. The molecule has 0 aromatic carbocycles. The molecule has 0 saturated heterocycles. The van der Waals surface area contributed by atoms with E-state index in [1.54, 1.807) is 6.08 Å². The van der Waals surface area contributed by atoms with Crippen molar-refractivity contribution >= 4 is 10.1 Å². The number of rotatable bonds is 7. The van der Waals surface area contributed by atoms with Gasteiger partial charge in [-0.1, -0.05) is 12.7 Å². The van der Waals surface area contributed by atoms with Gasteiger partial charge in [0, 0.05) is 0 Å². The first-order chi connectivity index (χ1) is 5.62. The van der Waals surface area contributed by atoms with Gasteiger partial charge in [0.25, 0.3) is 10.1 Å². The third-order valence-electron chi connectivity index (χ3n) is 1.25. The third kappa shape index (κ3) is 6.12. The summed E-state index contributed by atoms with van der Waals surface area (Å²) in [6.45, 7) is 6.89. The van der Waals surface area contributed by atoms with Gasteiger partial charge in [-0.15, -0.1) is 6.58 Å². The van der Waals surface area contributed by atoms with Crippen LogP contribution in [0.4, 0.5) is 0 Å². The molecule has 4 heteroatoms. The molecule has 0 spiro atoms. The Balaban J connectivity index is 3.44. The summed E-state index contributed by atoms with van der Waals surface area (Å²) in [5.74, 6) is 0. The highest BCUT2D eigenvalue weighted by Crippen LogP contribution is 2.00. The Labute approximate surface area is 73.9 Å². The van der Waals surface area contributed by atoms with E-state index < -0.39 is 10.1 Å². The maximum Gasteiger partial charge on any atom is 0.289 e. The Morgan fingerprint density at radius 1 is 1.25 bits per heavy atom. The van der Waals surface area contributed by atoms with Gasteiger partial charge in [-0.05, 0) is 19.3 Å². The van der Waals surface area contributed by atoms with Crippen molar-refractivity contribution in [3.8, 4) is 0 Å². The lowest BCUT2D eigenvalue weighted by Crippen LogP contribution is -2.02. The van der Waals surface area contributed by atoms with Crippen LogP contribution in [0.2, 0.25) is 0 Å². The predicted molar refractivity (Wildman–Crippen MR) is 49.1 cm³/mol. The molecule has 0 unspecified atom stereocenters. The van der Waals surface area contributed by atoms with Crippen LogP contribution in [0.3, 0.4) is 0 Å². The molecule has 70 valence electrons. The molecule has 0 aromatic heterocycles. The van der Waals surface area contributed by atoms with E-state index in [9.17, 15) is 8.42 Å². The zero-order valence-electron chi connectivity index (χ0n) is 7.03. The molecule has 0 aliphatic rings. The summed E-state index contributed by atoms with van der Waals surface area (Å²) in [4.78, 5) is 0. The summed E-state index contributed by atoms with van der Waals surface area (Å²) in [6.07, 6.45) is 4.30. The summed E-state index contributed by atoms with van der Waals surface area (Å²) in [7, 11) is -3.47. The van der Waals surface area contributed by atoms with E-state index in [-0.39, 0.29) is 6.61 Å². The molecule has 0 rings (SSSR count). The van der Waals surface area contributed by atoms with Crippen LogP contribution in [-0.2, 0) is 14.3 Å². The number of allylic oxidation sites excluding steroid dienone is 1. The fourth-order valence-corrected chi connectivity index (χ4v) is 1.06. The predicted octanol–water partition coefficient (Wildman–Crippen LogP) is 1.83. The molecule has 0 heterocycles. The summed E-state index contributed by atoms with van der Waals surface area (Å²) < 4.78 is 25.9. The van der Waals surface area contributed by atoms with E-state index in [4.69, 9.17) is 0 Å². The largest absolute Gasteiger partial charge is 0.289 e. The van der Waals surface area contributed by atoms with Gasteiger partial charge in [0.15, 0.2) is 0 Å². The lowest BCUT2D eigenvalue weighted by Gasteiger charge is -1.99. The highest BCUT2D eigenvalue weighted by Gasteiger charge is 2.02. The third-order valence-corrected chi connectivity index (χ3v) is 2.16. The smallest absolute Gasteiger partial charge is 0.267 e. The van der Waals surface area contributed by atoms with Gasteiger partial charge in [-0.3, -0.25) is 4.18 Å². The van der Waals surface area contributed by atoms with Crippen LogP contribution in [0.1, 0.15) is 19.3 Å². The van der Waals surface area contributed by atoms with Gasteiger partial charge in [0.1, 0.15) is 0 Å². The van der Waals surface area contributed by atoms with Crippen LogP contribution in [0.15, 0.2) is 24.6 Å². The van der Waals surface area contributed by atoms with Crippen LogP contribution < -0.4 is 0 Å². The molecule has 0 radical (unpaired) electrons. The monoisotopic (exact) mass is 190 g/mol. The highest BCUT2D eigenvalue weighted by molar-refractivity contribution is 7.89. The van der Waals surface area contributed by atoms with Crippen molar-refractivity contribution in [2.24, 2.45) is 0 Å². The normalized spacial score (nSPS) is 11.0. The minimum absolute atomic E-state index is 0.224. The summed E-state index contributed by atoms with van der Waals surface area (Å²) in [5.41, 5.74) is 0. The molecule has 0 saturated carbocycles. The van der Waals surface area contributed by atoms with E-state index in [1.165, 1.54) is 0 Å². The first-order valence-corrected chi connectivity index (χ1v) is 5.22. The second-order valence-electron chi connectivity index (χ2n) is 2.27. The summed E-state index contributed by atoms with van der Waals surface area (Å²) in [6, 6.07) is 0. The molecule has 12 heavy (non-hydrogen) atoms. The lowest BCUT2D eigenvalue weighted by molar-refractivity contribution is 0.314. The van der Waals surface area contributed by atoms with Gasteiger partial charge in [-0.25, -0.2) is 0 Å². The zero-order valence-corrected chi connectivity index (χ0v) is 7.85. The second-order valence-corrected chi connectivity index (χ2v) is 3.82. The van der Waals surface area contributed by atoms with E-state index in [2.05, 4.69) is 17.3 Å². The molecule has 0 aromatic rings. The maximum atomic E-state index is 10.7. The summed E-state index contributed by atoms with van der Waals surface area (Å²) >= 11 is 0. The highest BCUT2D eigenvalue weighted by atomic mass is 32.2. The van der Waals surface area contributed by atoms with Crippen molar-refractivity contribution < 1.29 is 12.6 Å². The van der Waals surface area contributed by atoms with E-state index in [0.717, 1.165) is 24.7 Å². The average Bonchev–Trinajstić information content (AvgIpc) is 2.04. The SMILES string of the molecule is C=CCCCCOS(=O)(=O)C=C. The first-order valence-electron chi connectivity index (χ1n) is 3.75. The Hall–Kier alpha value is -0.610. The number of hydrogen-bond acceptors (Lipinski definition) is 3. The van der Waals surface area contributed by atoms with Gasteiger partial charge < -0.3 is 0 Å². The quantitative estimate of drug-likeness (QED) is 0.349. The molecular weight excluding hydrogens is 176 g/mol. The Morgan fingerprint density at radius 2 is 1.92 bits per heavy atom. The summed E-state index contributed by atoms with van der Waals surface area (Å²) in [5, 5.41) is 0.806. The van der Waals surface area contributed by atoms with E-state index >= 15 is 0 Å². The topological polar surface area (TPSA) is 43.4 Å². The van der Waals surface area contributed by atoms with Gasteiger partial charge in [-0.2, -0.15) is 8.42 Å². The molecule has 0 aliphatic heterocycles. The zero-order chi connectivity index (χ0) is 9.45. The molecule has 0 aliphatic carbocycles. The fourth-order valence-electron chi connectivity index (χ4n) is 0.614. The Bertz CT molecular complexity index is 229. The molecule has 0 bridgehead atoms. The number of hydrogen-bond donors (Lipinski definition) is 0. The van der Waals surface area contributed by atoms with Crippen molar-refractivity contribution in [1.29, 1.82) is 0 Å². The number of unbranched alkanes of at least 4 members (excludes halogenated alkanes) is 2. The van der Waals surface area contributed by atoms with Crippen molar-refractivity contribution in [2.45, 2.75) is 19.3 Å². The van der Waals surface area contributed by atoms with Crippen molar-refractivity contribution in [2.75, 3.05) is 6.61 Å². The van der Waals surface area contributed by atoms with E-state index in [0.29, 0.717) is 0 Å². The van der Waals surface area contributed by atoms with Gasteiger partial charge >= 0.3 is 0 Å². The van der Waals surface area contributed by atoms with E-state index in [1.807, 2.05) is 0 Å². The molecule has 3 nitrogen and oxygen atoms in total. The molecular formula is C8H14O3S. The average molecular weight is 190 g/mol. The fraction of sp³-hybridized carbons (Fsp3) is 0.500. The lowest BCUT2D eigenvalue weighted by atomic mass is 10.2. The van der Waals surface area contributed by atoms with Crippen LogP contribution in [0, 0.1) is 0 Å². The molecule has 0 amide bonds. The Morgan fingerprint density at radius 3 is 2.42 bits per heavy atom. The minimum Gasteiger partial charge on any atom is -0.267 e. The Kier molecular flexibility index (Phi) is 5.66. The second kappa shape index (κ2) is 5.97. The molecule has 0 N–H and O–H groups in total. The van der Waals surface area contributed by atoms with Crippen molar-refractivity contribution in [3.05, 3.63) is 24.6 Å². The standard InChI is InChI=1S/C8H14O3S/c1-3-5-6-7-8-11-12(9,10)4-2/h3-4H,1-2,5-8H2. The first kappa shape index (κ1) is 11.4. The maximum absolute atomic E-state index is 10.7. The van der Waals surface area contributed by atoms with Crippen LogP contribution in [0.5, 0.6) is 0 Å². The van der Waals surface area contributed by atoms with Crippen LogP contribution in [0.25, 0.3) is 0 Å². The molecule has 0 atom stereocenters. The van der Waals surface area contributed by atoms with Gasteiger partial charge in [0.05, 0.1) is 12.0 Å². The van der Waals surface area contributed by atoms with Gasteiger partial charge in [0.2, 0.25) is 0 Å².